The number of carbonyl (C=O) groups excluding carboxylic acids is 1. The Morgan fingerprint density at radius 1 is 1.21 bits per heavy atom. The van der Waals surface area contributed by atoms with Gasteiger partial charge in [-0.1, -0.05) is 44.8 Å². The Balaban J connectivity index is 1.55. The quantitative estimate of drug-likeness (QED) is 0.562. The lowest BCUT2D eigenvalue weighted by Crippen LogP contribution is -2.41. The second kappa shape index (κ2) is 6.48. The zero-order valence-corrected chi connectivity index (χ0v) is 15.4. The summed E-state index contributed by atoms with van der Waals surface area (Å²) in [5, 5.41) is 0. The van der Waals surface area contributed by atoms with E-state index in [9.17, 15) is 4.79 Å². The van der Waals surface area contributed by atoms with Crippen LogP contribution < -0.4 is 0 Å². The fourth-order valence-electron chi connectivity index (χ4n) is 5.86. The molecule has 4 rings (SSSR count). The van der Waals surface area contributed by atoms with Crippen molar-refractivity contribution in [3.63, 3.8) is 0 Å². The Hall–Kier alpha value is -0.830. The van der Waals surface area contributed by atoms with Crippen LogP contribution in [0.3, 0.4) is 0 Å². The summed E-state index contributed by atoms with van der Waals surface area (Å²) in [6, 6.07) is 0. The lowest BCUT2D eigenvalue weighted by Gasteiger charge is -2.46. The van der Waals surface area contributed by atoms with Gasteiger partial charge in [0.05, 0.1) is 5.92 Å². The van der Waals surface area contributed by atoms with Gasteiger partial charge in [-0.15, -0.1) is 0 Å². The Morgan fingerprint density at radius 2 is 1.96 bits per heavy atom. The average Bonchev–Trinajstić information content (AvgIpc) is 2.72. The lowest BCUT2D eigenvalue weighted by molar-refractivity contribution is -0.145. The summed E-state index contributed by atoms with van der Waals surface area (Å²) in [5.74, 6) is 1.14. The Morgan fingerprint density at radius 3 is 2.71 bits per heavy atom. The first-order valence-electron chi connectivity index (χ1n) is 10.2. The minimum atomic E-state index is 0.0688. The smallest absolute Gasteiger partial charge is 0.311 e. The van der Waals surface area contributed by atoms with Crippen LogP contribution in [0, 0.1) is 23.2 Å². The van der Waals surface area contributed by atoms with Gasteiger partial charge in [0.1, 0.15) is 6.10 Å². The summed E-state index contributed by atoms with van der Waals surface area (Å²) in [5.41, 5.74) is 1.91. The summed E-state index contributed by atoms with van der Waals surface area (Å²) >= 11 is 0. The molecule has 0 bridgehead atoms. The van der Waals surface area contributed by atoms with Crippen molar-refractivity contribution < 1.29 is 9.53 Å². The van der Waals surface area contributed by atoms with E-state index < -0.39 is 0 Å². The van der Waals surface area contributed by atoms with Gasteiger partial charge >= 0.3 is 5.97 Å². The Bertz CT molecular complexity index is 520. The van der Waals surface area contributed by atoms with Crippen LogP contribution in [-0.2, 0) is 9.53 Å². The van der Waals surface area contributed by atoms with E-state index in [1.807, 2.05) is 0 Å². The summed E-state index contributed by atoms with van der Waals surface area (Å²) in [4.78, 5) is 15.1. The number of ether oxygens (including phenoxy) is 1. The molecule has 3 nitrogen and oxygen atoms in total. The maximum atomic E-state index is 12.6. The molecular formula is C21H33NO2. The number of allylic oxidation sites excluding steroid dienone is 1. The number of nitrogens with zero attached hydrogens (tertiary/aromatic N) is 1. The number of esters is 1. The van der Waals surface area contributed by atoms with E-state index in [4.69, 9.17) is 4.74 Å². The van der Waals surface area contributed by atoms with Crippen molar-refractivity contribution in [2.24, 2.45) is 23.2 Å². The maximum absolute atomic E-state index is 12.6. The first-order chi connectivity index (χ1) is 11.6. The summed E-state index contributed by atoms with van der Waals surface area (Å²) in [6.07, 6.45) is 12.8. The van der Waals surface area contributed by atoms with Gasteiger partial charge in [-0.05, 0) is 56.5 Å². The predicted octanol–water partition coefficient (Wildman–Crippen LogP) is 4.18. The first-order valence-corrected chi connectivity index (χ1v) is 10.2. The molecule has 5 atom stereocenters. The largest absolute Gasteiger partial charge is 0.461 e. The van der Waals surface area contributed by atoms with E-state index in [0.717, 1.165) is 26.1 Å². The van der Waals surface area contributed by atoms with E-state index in [1.165, 1.54) is 44.9 Å². The molecule has 0 radical (unpaired) electrons. The second-order valence-corrected chi connectivity index (χ2v) is 9.05. The number of hydrogen-bond acceptors (Lipinski definition) is 3. The van der Waals surface area contributed by atoms with Gasteiger partial charge in [-0.2, -0.15) is 0 Å². The van der Waals surface area contributed by atoms with Gasteiger partial charge in [-0.25, -0.2) is 0 Å². The molecule has 0 spiro atoms. The highest BCUT2D eigenvalue weighted by Gasteiger charge is 2.51. The molecule has 2 aliphatic heterocycles. The predicted molar refractivity (Wildman–Crippen MR) is 95.6 cm³/mol. The second-order valence-electron chi connectivity index (χ2n) is 9.05. The van der Waals surface area contributed by atoms with Crippen molar-refractivity contribution in [3.8, 4) is 0 Å². The lowest BCUT2D eigenvalue weighted by atomic mass is 9.59. The minimum Gasteiger partial charge on any atom is -0.461 e. The van der Waals surface area contributed by atoms with E-state index in [1.54, 1.807) is 5.57 Å². The van der Waals surface area contributed by atoms with Crippen LogP contribution in [0.4, 0.5) is 0 Å². The zero-order chi connectivity index (χ0) is 16.7. The van der Waals surface area contributed by atoms with E-state index >= 15 is 0 Å². The zero-order valence-electron chi connectivity index (χ0n) is 15.4. The molecule has 2 aliphatic carbocycles. The van der Waals surface area contributed by atoms with E-state index in [2.05, 4.69) is 24.8 Å². The van der Waals surface area contributed by atoms with E-state index in [0.29, 0.717) is 11.8 Å². The van der Waals surface area contributed by atoms with Gasteiger partial charge in [0.2, 0.25) is 0 Å². The fraction of sp³-hybridized carbons (Fsp3) is 0.857. The highest BCUT2D eigenvalue weighted by Crippen LogP contribution is 2.54. The van der Waals surface area contributed by atoms with Crippen LogP contribution in [-0.4, -0.2) is 36.6 Å². The number of likely N-dealkylation sites (tertiary alicyclic amines) is 1. The average molecular weight is 332 g/mol. The topological polar surface area (TPSA) is 29.5 Å². The van der Waals surface area contributed by atoms with Crippen molar-refractivity contribution in [2.45, 2.75) is 71.3 Å². The molecule has 3 fully saturated rings. The van der Waals surface area contributed by atoms with Crippen molar-refractivity contribution in [1.29, 1.82) is 0 Å². The Labute approximate surface area is 146 Å². The normalized spacial score (nSPS) is 43.4. The molecule has 2 heterocycles. The SMILES string of the molecule is C[C@H]1CCC[C@]2(C)C[C@H]3OC(=O)[C@@H](CN4CCCCCC4)[C@H]3C=C12. The molecule has 0 aromatic rings. The van der Waals surface area contributed by atoms with Crippen molar-refractivity contribution in [2.75, 3.05) is 19.6 Å². The van der Waals surface area contributed by atoms with Crippen LogP contribution in [0.5, 0.6) is 0 Å². The van der Waals surface area contributed by atoms with Crippen LogP contribution in [0.1, 0.15) is 65.2 Å². The van der Waals surface area contributed by atoms with Gasteiger partial charge in [0.15, 0.2) is 0 Å². The maximum Gasteiger partial charge on any atom is 0.311 e. The third-order valence-corrected chi connectivity index (χ3v) is 7.24. The molecule has 2 saturated heterocycles. The molecule has 3 heteroatoms. The summed E-state index contributed by atoms with van der Waals surface area (Å²) in [6.45, 7) is 8.01. The minimum absolute atomic E-state index is 0.0688. The third kappa shape index (κ3) is 2.94. The molecule has 134 valence electrons. The van der Waals surface area contributed by atoms with Gasteiger partial charge in [-0.3, -0.25) is 4.79 Å². The third-order valence-electron chi connectivity index (χ3n) is 7.24. The highest BCUT2D eigenvalue weighted by molar-refractivity contribution is 5.76. The fourth-order valence-corrected chi connectivity index (χ4v) is 5.86. The summed E-state index contributed by atoms with van der Waals surface area (Å²) < 4.78 is 5.89. The molecule has 24 heavy (non-hydrogen) atoms. The standard InChI is InChI=1S/C21H33NO2/c1-15-8-7-9-21(2)13-19-16(12-18(15)21)17(20(23)24-19)14-22-10-5-3-4-6-11-22/h12,15-17,19H,3-11,13-14H2,1-2H3/t15-,16+,17-,19+,21+/m0/s1. The summed E-state index contributed by atoms with van der Waals surface area (Å²) in [7, 11) is 0. The van der Waals surface area contributed by atoms with Gasteiger partial charge < -0.3 is 9.64 Å². The van der Waals surface area contributed by atoms with Crippen molar-refractivity contribution >= 4 is 5.97 Å². The number of rotatable bonds is 2. The number of hydrogen-bond donors (Lipinski definition) is 0. The van der Waals surface area contributed by atoms with Crippen LogP contribution in [0.15, 0.2) is 11.6 Å². The molecule has 1 saturated carbocycles. The van der Waals surface area contributed by atoms with Crippen LogP contribution in [0.2, 0.25) is 0 Å². The molecule has 0 aromatic heterocycles. The molecule has 0 amide bonds. The number of carbonyl (C=O) groups is 1. The van der Waals surface area contributed by atoms with Gasteiger partial charge in [0.25, 0.3) is 0 Å². The number of fused-ring (bicyclic) bond motifs is 2. The van der Waals surface area contributed by atoms with Crippen LogP contribution in [0.25, 0.3) is 0 Å². The Kier molecular flexibility index (Phi) is 4.49. The first kappa shape index (κ1) is 16.6. The molecule has 0 unspecified atom stereocenters. The molecule has 4 aliphatic rings. The molecular weight excluding hydrogens is 298 g/mol. The van der Waals surface area contributed by atoms with Crippen molar-refractivity contribution in [3.05, 3.63) is 11.6 Å². The van der Waals surface area contributed by atoms with E-state index in [-0.39, 0.29) is 23.4 Å². The molecule has 0 N–H and O–H groups in total. The molecule has 0 aromatic carbocycles. The highest BCUT2D eigenvalue weighted by atomic mass is 16.6. The monoisotopic (exact) mass is 331 g/mol. The van der Waals surface area contributed by atoms with Crippen LogP contribution >= 0.6 is 0 Å². The van der Waals surface area contributed by atoms with Crippen molar-refractivity contribution in [1.82, 2.24) is 4.90 Å². The van der Waals surface area contributed by atoms with Gasteiger partial charge in [0, 0.05) is 12.5 Å².